The minimum absolute atomic E-state index is 0.159. The molecule has 0 aromatic heterocycles. The molecule has 3 unspecified atom stereocenters. The van der Waals surface area contributed by atoms with Crippen LogP contribution in [0.3, 0.4) is 0 Å². The first-order valence-corrected chi connectivity index (χ1v) is 5.63. The lowest BCUT2D eigenvalue weighted by molar-refractivity contribution is -0.133. The van der Waals surface area contributed by atoms with Crippen LogP contribution in [0.4, 0.5) is 0 Å². The summed E-state index contributed by atoms with van der Waals surface area (Å²) in [6.45, 7) is 5.35. The number of hydrogen-bond donors (Lipinski definition) is 1. The fourth-order valence-electron chi connectivity index (χ4n) is 1.94. The van der Waals surface area contributed by atoms with Gasteiger partial charge in [0, 0.05) is 20.1 Å². The summed E-state index contributed by atoms with van der Waals surface area (Å²) in [4.78, 5) is 13.7. The Morgan fingerprint density at radius 2 is 2.33 bits per heavy atom. The molecule has 0 bridgehead atoms. The Morgan fingerprint density at radius 3 is 2.80 bits per heavy atom. The number of rotatable bonds is 4. The molecule has 0 radical (unpaired) electrons. The summed E-state index contributed by atoms with van der Waals surface area (Å²) in [7, 11) is 1.86. The van der Waals surface area contributed by atoms with Gasteiger partial charge in [0.05, 0.1) is 12.1 Å². The Balaban J connectivity index is 2.45. The summed E-state index contributed by atoms with van der Waals surface area (Å²) in [5.74, 6) is 0.438. The molecule has 1 heterocycles. The summed E-state index contributed by atoms with van der Waals surface area (Å²) >= 11 is 0. The fraction of sp³-hybridized carbons (Fsp3) is 0.909. The highest BCUT2D eigenvalue weighted by atomic mass is 16.5. The molecule has 1 saturated heterocycles. The standard InChI is InChI=1S/C11H22N2O2/c1-8(7-12)6-11(14)13(3)10-4-5-15-9(10)2/h8-10H,4-7,12H2,1-3H3. The van der Waals surface area contributed by atoms with Gasteiger partial charge in [0.2, 0.25) is 5.91 Å². The van der Waals surface area contributed by atoms with Crippen molar-refractivity contribution in [1.82, 2.24) is 4.90 Å². The zero-order valence-electron chi connectivity index (χ0n) is 9.90. The highest BCUT2D eigenvalue weighted by molar-refractivity contribution is 5.76. The number of nitrogens with two attached hydrogens (primary N) is 1. The summed E-state index contributed by atoms with van der Waals surface area (Å²) in [5, 5.41) is 0. The van der Waals surface area contributed by atoms with Gasteiger partial charge in [0.1, 0.15) is 0 Å². The minimum atomic E-state index is 0.159. The van der Waals surface area contributed by atoms with Crippen molar-refractivity contribution in [3.8, 4) is 0 Å². The van der Waals surface area contributed by atoms with E-state index in [0.29, 0.717) is 13.0 Å². The second-order valence-electron chi connectivity index (χ2n) is 4.48. The predicted molar refractivity (Wildman–Crippen MR) is 59.4 cm³/mol. The molecule has 1 aliphatic heterocycles. The molecule has 88 valence electrons. The van der Waals surface area contributed by atoms with Gasteiger partial charge in [-0.2, -0.15) is 0 Å². The largest absolute Gasteiger partial charge is 0.376 e. The summed E-state index contributed by atoms with van der Waals surface area (Å²) in [6, 6.07) is 0.238. The third-order valence-electron chi connectivity index (χ3n) is 3.15. The van der Waals surface area contributed by atoms with Crippen LogP contribution in [-0.2, 0) is 9.53 Å². The first-order valence-electron chi connectivity index (χ1n) is 5.63. The highest BCUT2D eigenvalue weighted by Gasteiger charge is 2.30. The van der Waals surface area contributed by atoms with Crippen molar-refractivity contribution < 1.29 is 9.53 Å². The number of carbonyl (C=O) groups is 1. The molecule has 3 atom stereocenters. The van der Waals surface area contributed by atoms with Gasteiger partial charge in [-0.05, 0) is 25.8 Å². The van der Waals surface area contributed by atoms with Gasteiger partial charge in [-0.25, -0.2) is 0 Å². The second kappa shape index (κ2) is 5.47. The van der Waals surface area contributed by atoms with E-state index in [1.807, 2.05) is 25.8 Å². The maximum atomic E-state index is 11.9. The Hall–Kier alpha value is -0.610. The van der Waals surface area contributed by atoms with Gasteiger partial charge in [0.25, 0.3) is 0 Å². The first-order chi connectivity index (χ1) is 7.06. The third-order valence-corrected chi connectivity index (χ3v) is 3.15. The molecule has 0 aliphatic carbocycles. The van der Waals surface area contributed by atoms with Crippen LogP contribution < -0.4 is 5.73 Å². The number of nitrogens with zero attached hydrogens (tertiary/aromatic N) is 1. The van der Waals surface area contributed by atoms with Gasteiger partial charge in [-0.3, -0.25) is 4.79 Å². The minimum Gasteiger partial charge on any atom is -0.376 e. The molecule has 1 rings (SSSR count). The second-order valence-corrected chi connectivity index (χ2v) is 4.48. The fourth-order valence-corrected chi connectivity index (χ4v) is 1.94. The lowest BCUT2D eigenvalue weighted by Crippen LogP contribution is -2.41. The maximum absolute atomic E-state index is 11.9. The number of likely N-dealkylation sites (N-methyl/N-ethyl adjacent to an activating group) is 1. The molecule has 1 aliphatic rings. The first kappa shape index (κ1) is 12.5. The van der Waals surface area contributed by atoms with Crippen molar-refractivity contribution in [2.45, 2.75) is 38.8 Å². The molecule has 4 nitrogen and oxygen atoms in total. The van der Waals surface area contributed by atoms with Gasteiger partial charge >= 0.3 is 0 Å². The van der Waals surface area contributed by atoms with E-state index in [1.54, 1.807) is 0 Å². The number of amides is 1. The molecule has 1 amide bonds. The van der Waals surface area contributed by atoms with Crippen LogP contribution in [0.1, 0.15) is 26.7 Å². The SMILES string of the molecule is CC(CN)CC(=O)N(C)C1CCOC1C. The quantitative estimate of drug-likeness (QED) is 0.746. The van der Waals surface area contributed by atoms with Crippen LogP contribution >= 0.6 is 0 Å². The van der Waals surface area contributed by atoms with E-state index in [0.717, 1.165) is 13.0 Å². The van der Waals surface area contributed by atoms with Crippen molar-refractivity contribution >= 4 is 5.91 Å². The molecule has 15 heavy (non-hydrogen) atoms. The molecule has 0 saturated carbocycles. The summed E-state index contributed by atoms with van der Waals surface area (Å²) in [5.41, 5.74) is 5.51. The van der Waals surface area contributed by atoms with Gasteiger partial charge < -0.3 is 15.4 Å². The Labute approximate surface area is 91.8 Å². The smallest absolute Gasteiger partial charge is 0.222 e. The Morgan fingerprint density at radius 1 is 1.67 bits per heavy atom. The van der Waals surface area contributed by atoms with Crippen molar-refractivity contribution in [3.63, 3.8) is 0 Å². The number of hydrogen-bond acceptors (Lipinski definition) is 3. The normalized spacial score (nSPS) is 27.7. The lowest BCUT2D eigenvalue weighted by Gasteiger charge is -2.27. The lowest BCUT2D eigenvalue weighted by atomic mass is 10.1. The maximum Gasteiger partial charge on any atom is 0.222 e. The molecular formula is C11H22N2O2. The zero-order valence-corrected chi connectivity index (χ0v) is 9.90. The van der Waals surface area contributed by atoms with Crippen LogP contribution in [-0.4, -0.2) is 43.2 Å². The van der Waals surface area contributed by atoms with E-state index >= 15 is 0 Å². The molecule has 1 fully saturated rings. The monoisotopic (exact) mass is 214 g/mol. The van der Waals surface area contributed by atoms with Crippen molar-refractivity contribution in [3.05, 3.63) is 0 Å². The van der Waals surface area contributed by atoms with Crippen molar-refractivity contribution in [2.75, 3.05) is 20.2 Å². The summed E-state index contributed by atoms with van der Waals surface area (Å²) < 4.78 is 5.45. The van der Waals surface area contributed by atoms with E-state index in [9.17, 15) is 4.79 Å². The predicted octanol–water partition coefficient (Wildman–Crippen LogP) is 0.607. The van der Waals surface area contributed by atoms with Gasteiger partial charge in [-0.15, -0.1) is 0 Å². The molecule has 0 aromatic carbocycles. The molecular weight excluding hydrogens is 192 g/mol. The van der Waals surface area contributed by atoms with Gasteiger partial charge in [0.15, 0.2) is 0 Å². The van der Waals surface area contributed by atoms with Crippen LogP contribution in [0, 0.1) is 5.92 Å². The summed E-state index contributed by atoms with van der Waals surface area (Å²) in [6.07, 6.45) is 1.64. The van der Waals surface area contributed by atoms with Crippen LogP contribution in [0.25, 0.3) is 0 Å². The molecule has 0 spiro atoms. The third kappa shape index (κ3) is 3.18. The average Bonchev–Trinajstić information content (AvgIpc) is 2.63. The van der Waals surface area contributed by atoms with Crippen molar-refractivity contribution in [2.24, 2.45) is 11.7 Å². The van der Waals surface area contributed by atoms with E-state index in [4.69, 9.17) is 10.5 Å². The number of carbonyl (C=O) groups excluding carboxylic acids is 1. The molecule has 4 heteroatoms. The van der Waals surface area contributed by atoms with Crippen molar-refractivity contribution in [1.29, 1.82) is 0 Å². The average molecular weight is 214 g/mol. The molecule has 0 aromatic rings. The topological polar surface area (TPSA) is 55.6 Å². The molecule has 2 N–H and O–H groups in total. The number of ether oxygens (including phenoxy) is 1. The van der Waals surface area contributed by atoms with Crippen LogP contribution in [0.2, 0.25) is 0 Å². The van der Waals surface area contributed by atoms with E-state index < -0.39 is 0 Å². The van der Waals surface area contributed by atoms with Crippen LogP contribution in [0.15, 0.2) is 0 Å². The van der Waals surface area contributed by atoms with E-state index in [2.05, 4.69) is 0 Å². The Kier molecular flexibility index (Phi) is 4.54. The van der Waals surface area contributed by atoms with Gasteiger partial charge in [-0.1, -0.05) is 6.92 Å². The highest BCUT2D eigenvalue weighted by Crippen LogP contribution is 2.19. The van der Waals surface area contributed by atoms with Crippen LogP contribution in [0.5, 0.6) is 0 Å². The van der Waals surface area contributed by atoms with E-state index in [-0.39, 0.29) is 24.0 Å². The van der Waals surface area contributed by atoms with E-state index in [1.165, 1.54) is 0 Å². The zero-order chi connectivity index (χ0) is 11.4. The Bertz CT molecular complexity index is 221.